The molecule has 2 aromatic carbocycles. The molecule has 0 aliphatic rings. The van der Waals surface area contributed by atoms with E-state index in [0.29, 0.717) is 22.7 Å². The molecule has 0 aliphatic heterocycles. The smallest absolute Gasteiger partial charge is 0.205 e. The fourth-order valence-electron chi connectivity index (χ4n) is 2.83. The van der Waals surface area contributed by atoms with Gasteiger partial charge < -0.3 is 10.5 Å². The van der Waals surface area contributed by atoms with Crippen LogP contribution in [0.4, 0.5) is 5.69 Å². The Morgan fingerprint density at radius 1 is 1.16 bits per heavy atom. The van der Waals surface area contributed by atoms with Gasteiger partial charge in [0.1, 0.15) is 15.5 Å². The lowest BCUT2D eigenvalue weighted by Crippen LogP contribution is -2.01. The maximum atomic E-state index is 12.8. The molecule has 124 valence electrons. The van der Waals surface area contributed by atoms with Gasteiger partial charge in [-0.3, -0.25) is 4.79 Å². The van der Waals surface area contributed by atoms with Crippen molar-refractivity contribution in [1.82, 2.24) is 4.98 Å². The van der Waals surface area contributed by atoms with Gasteiger partial charge in [-0.1, -0.05) is 30.3 Å². The predicted molar refractivity (Wildman–Crippen MR) is 103 cm³/mol. The van der Waals surface area contributed by atoms with E-state index in [1.54, 1.807) is 12.1 Å². The summed E-state index contributed by atoms with van der Waals surface area (Å²) in [6.45, 7) is 2.56. The highest BCUT2D eigenvalue weighted by Gasteiger charge is 2.19. The first-order chi connectivity index (χ1) is 12.2. The molecular formula is C20H16N2O2S. The second kappa shape index (κ2) is 6.18. The highest BCUT2D eigenvalue weighted by Crippen LogP contribution is 2.36. The Labute approximate surface area is 148 Å². The molecule has 2 heterocycles. The van der Waals surface area contributed by atoms with Gasteiger partial charge in [0, 0.05) is 16.3 Å². The predicted octanol–water partition coefficient (Wildman–Crippen LogP) is 4.66. The number of ketones is 1. The molecule has 0 spiro atoms. The van der Waals surface area contributed by atoms with Crippen LogP contribution in [0.3, 0.4) is 0 Å². The van der Waals surface area contributed by atoms with E-state index in [-0.39, 0.29) is 5.78 Å². The Kier molecular flexibility index (Phi) is 3.86. The van der Waals surface area contributed by atoms with Gasteiger partial charge in [-0.05, 0) is 31.2 Å². The molecule has 2 N–H and O–H groups in total. The molecule has 4 aromatic rings. The summed E-state index contributed by atoms with van der Waals surface area (Å²) in [6.07, 6.45) is 0. The number of hydrogen-bond acceptors (Lipinski definition) is 5. The van der Waals surface area contributed by atoms with Crippen molar-refractivity contribution in [3.05, 3.63) is 65.0 Å². The normalized spacial score (nSPS) is 11.1. The number of aromatic nitrogens is 1. The monoisotopic (exact) mass is 348 g/mol. The Bertz CT molecular complexity index is 1090. The molecule has 4 nitrogen and oxygen atoms in total. The van der Waals surface area contributed by atoms with Gasteiger partial charge in [0.2, 0.25) is 5.78 Å². The molecule has 4 rings (SSSR count). The van der Waals surface area contributed by atoms with Crippen molar-refractivity contribution in [1.29, 1.82) is 0 Å². The number of thiophene rings is 1. The number of benzene rings is 2. The van der Waals surface area contributed by atoms with Crippen molar-refractivity contribution in [3.8, 4) is 5.75 Å². The number of ether oxygens (including phenoxy) is 1. The first-order valence-corrected chi connectivity index (χ1v) is 8.84. The van der Waals surface area contributed by atoms with E-state index >= 15 is 0 Å². The van der Waals surface area contributed by atoms with E-state index in [2.05, 4.69) is 4.98 Å². The number of fused-ring (bicyclic) bond motifs is 2. The topological polar surface area (TPSA) is 65.2 Å². The van der Waals surface area contributed by atoms with Gasteiger partial charge in [0.15, 0.2) is 0 Å². The number of rotatable bonds is 4. The second-order valence-corrected chi connectivity index (χ2v) is 6.67. The molecule has 0 aliphatic carbocycles. The van der Waals surface area contributed by atoms with E-state index in [0.717, 1.165) is 26.9 Å². The van der Waals surface area contributed by atoms with Gasteiger partial charge >= 0.3 is 0 Å². The number of nitrogens with zero attached hydrogens (tertiary/aromatic N) is 1. The molecule has 2 aromatic heterocycles. The zero-order valence-corrected chi connectivity index (χ0v) is 14.5. The quantitative estimate of drug-likeness (QED) is 0.545. The summed E-state index contributed by atoms with van der Waals surface area (Å²) in [6, 6.07) is 16.9. The van der Waals surface area contributed by atoms with Crippen LogP contribution in [0.5, 0.6) is 5.75 Å². The Hall–Kier alpha value is -2.92. The maximum Gasteiger partial charge on any atom is 0.205 e. The van der Waals surface area contributed by atoms with E-state index in [9.17, 15) is 4.79 Å². The Morgan fingerprint density at radius 2 is 1.96 bits per heavy atom. The van der Waals surface area contributed by atoms with Crippen molar-refractivity contribution >= 4 is 43.9 Å². The number of nitrogen functional groups attached to an aromatic ring is 1. The summed E-state index contributed by atoms with van der Waals surface area (Å²) in [4.78, 5) is 18.7. The third-order valence-corrected chi connectivity index (χ3v) is 5.15. The van der Waals surface area contributed by atoms with Crippen LogP contribution < -0.4 is 10.5 Å². The highest BCUT2D eigenvalue weighted by atomic mass is 32.1. The summed E-state index contributed by atoms with van der Waals surface area (Å²) in [5.41, 5.74) is 8.26. The van der Waals surface area contributed by atoms with Crippen molar-refractivity contribution in [2.24, 2.45) is 0 Å². The molecule has 0 atom stereocenters. The average Bonchev–Trinajstić information content (AvgIpc) is 2.96. The minimum absolute atomic E-state index is 0.0693. The Balaban J connectivity index is 1.86. The molecule has 0 radical (unpaired) electrons. The minimum atomic E-state index is -0.0693. The Morgan fingerprint density at radius 3 is 2.72 bits per heavy atom. The van der Waals surface area contributed by atoms with Crippen molar-refractivity contribution in [2.45, 2.75) is 6.92 Å². The van der Waals surface area contributed by atoms with Crippen LogP contribution in [-0.2, 0) is 0 Å². The van der Waals surface area contributed by atoms with E-state index < -0.39 is 0 Å². The third kappa shape index (κ3) is 2.72. The van der Waals surface area contributed by atoms with Crippen LogP contribution in [0.2, 0.25) is 0 Å². The molecule has 0 unspecified atom stereocenters. The molecule has 0 saturated heterocycles. The molecule has 0 amide bonds. The average molecular weight is 348 g/mol. The van der Waals surface area contributed by atoms with Crippen LogP contribution in [0, 0.1) is 0 Å². The van der Waals surface area contributed by atoms with E-state index in [1.165, 1.54) is 11.3 Å². The van der Waals surface area contributed by atoms with Gasteiger partial charge in [-0.2, -0.15) is 0 Å². The van der Waals surface area contributed by atoms with Crippen LogP contribution >= 0.6 is 11.3 Å². The van der Waals surface area contributed by atoms with Crippen molar-refractivity contribution < 1.29 is 9.53 Å². The summed E-state index contributed by atoms with van der Waals surface area (Å²) in [5.74, 6) is 0.727. The number of hydrogen-bond donors (Lipinski definition) is 1. The molecule has 5 heteroatoms. The zero-order valence-electron chi connectivity index (χ0n) is 13.7. The number of anilines is 1. The molecule has 0 fully saturated rings. The zero-order chi connectivity index (χ0) is 17.4. The summed E-state index contributed by atoms with van der Waals surface area (Å²) < 4.78 is 5.55. The highest BCUT2D eigenvalue weighted by molar-refractivity contribution is 7.21. The van der Waals surface area contributed by atoms with Crippen LogP contribution in [0.15, 0.2) is 54.6 Å². The lowest BCUT2D eigenvalue weighted by atomic mass is 10.1. The fraction of sp³-hybridized carbons (Fsp3) is 0.100. The number of carbonyl (C=O) groups is 1. The van der Waals surface area contributed by atoms with E-state index in [1.807, 2.05) is 49.4 Å². The lowest BCUT2D eigenvalue weighted by Gasteiger charge is -2.04. The van der Waals surface area contributed by atoms with Crippen LogP contribution in [0.1, 0.15) is 22.2 Å². The minimum Gasteiger partial charge on any atom is -0.494 e. The van der Waals surface area contributed by atoms with Gasteiger partial charge in [0.25, 0.3) is 0 Å². The van der Waals surface area contributed by atoms with Gasteiger partial charge in [-0.25, -0.2) is 4.98 Å². The van der Waals surface area contributed by atoms with Crippen LogP contribution in [-0.4, -0.2) is 17.4 Å². The number of carbonyl (C=O) groups excluding carboxylic acids is 1. The molecule has 25 heavy (non-hydrogen) atoms. The molecule has 0 saturated carbocycles. The van der Waals surface area contributed by atoms with Crippen LogP contribution in [0.25, 0.3) is 21.1 Å². The lowest BCUT2D eigenvalue weighted by molar-refractivity contribution is 0.104. The number of nitrogens with two attached hydrogens (primary N) is 1. The summed E-state index contributed by atoms with van der Waals surface area (Å²) in [7, 11) is 0. The largest absolute Gasteiger partial charge is 0.494 e. The first-order valence-electron chi connectivity index (χ1n) is 8.02. The van der Waals surface area contributed by atoms with E-state index in [4.69, 9.17) is 10.5 Å². The van der Waals surface area contributed by atoms with Gasteiger partial charge in [-0.15, -0.1) is 11.3 Å². The fourth-order valence-corrected chi connectivity index (χ4v) is 3.87. The van der Waals surface area contributed by atoms with Gasteiger partial charge in [0.05, 0.1) is 17.8 Å². The third-order valence-electron chi connectivity index (χ3n) is 4.04. The second-order valence-electron chi connectivity index (χ2n) is 5.67. The number of pyridine rings is 1. The molecular weight excluding hydrogens is 332 g/mol. The summed E-state index contributed by atoms with van der Waals surface area (Å²) >= 11 is 1.34. The molecule has 0 bridgehead atoms. The standard InChI is InChI=1S/C20H16N2O2S/c1-2-24-14-8-9-16-13(10-14)11-15-17(21)19(25-20(15)22-16)18(23)12-6-4-3-5-7-12/h3-11H,2,21H2,1H3. The maximum absolute atomic E-state index is 12.8. The SMILES string of the molecule is CCOc1ccc2nc3sc(C(=O)c4ccccc4)c(N)c3cc2c1. The first kappa shape index (κ1) is 15.6. The van der Waals surface area contributed by atoms with Crippen molar-refractivity contribution in [3.63, 3.8) is 0 Å². The summed E-state index contributed by atoms with van der Waals surface area (Å²) in [5, 5.41) is 1.76. The van der Waals surface area contributed by atoms with Crippen molar-refractivity contribution in [2.75, 3.05) is 12.3 Å².